The Morgan fingerprint density at radius 2 is 1.81 bits per heavy atom. The van der Waals surface area contributed by atoms with Crippen LogP contribution in [0.4, 0.5) is 13.2 Å². The lowest BCUT2D eigenvalue weighted by Crippen LogP contribution is -2.17. The summed E-state index contributed by atoms with van der Waals surface area (Å²) in [5, 5.41) is 0. The SMILES string of the molecule is CCOC(=O)c1ccc(-c2ccccc2)nc1C(F)(F)F. The topological polar surface area (TPSA) is 39.2 Å². The third-order valence-electron chi connectivity index (χ3n) is 2.73. The molecule has 0 bridgehead atoms. The number of hydrogen-bond acceptors (Lipinski definition) is 3. The summed E-state index contributed by atoms with van der Waals surface area (Å²) in [5.41, 5.74) is -1.12. The number of nitrogens with zero attached hydrogens (tertiary/aromatic N) is 1. The maximum atomic E-state index is 13.1. The maximum Gasteiger partial charge on any atom is 0.434 e. The fraction of sp³-hybridized carbons (Fsp3) is 0.200. The van der Waals surface area contributed by atoms with Crippen molar-refractivity contribution in [1.29, 1.82) is 0 Å². The minimum atomic E-state index is -4.73. The zero-order chi connectivity index (χ0) is 15.5. The minimum Gasteiger partial charge on any atom is -0.462 e. The molecule has 0 saturated carbocycles. The first-order chi connectivity index (χ1) is 9.93. The molecule has 0 aliphatic heterocycles. The summed E-state index contributed by atoms with van der Waals surface area (Å²) in [6, 6.07) is 10.9. The van der Waals surface area contributed by atoms with Gasteiger partial charge < -0.3 is 4.74 Å². The van der Waals surface area contributed by atoms with E-state index < -0.39 is 23.4 Å². The van der Waals surface area contributed by atoms with Gasteiger partial charge in [0.2, 0.25) is 0 Å². The number of ether oxygens (including phenoxy) is 1. The lowest BCUT2D eigenvalue weighted by atomic mass is 10.1. The Labute approximate surface area is 119 Å². The van der Waals surface area contributed by atoms with E-state index in [2.05, 4.69) is 9.72 Å². The van der Waals surface area contributed by atoms with Gasteiger partial charge in [0.15, 0.2) is 5.69 Å². The number of carbonyl (C=O) groups is 1. The number of benzene rings is 1. The molecule has 1 aromatic heterocycles. The number of halogens is 3. The molecule has 110 valence electrons. The van der Waals surface area contributed by atoms with Gasteiger partial charge in [0, 0.05) is 5.56 Å². The summed E-state index contributed by atoms with van der Waals surface area (Å²) >= 11 is 0. The smallest absolute Gasteiger partial charge is 0.434 e. The van der Waals surface area contributed by atoms with Crippen LogP contribution in [0.3, 0.4) is 0 Å². The van der Waals surface area contributed by atoms with Gasteiger partial charge in [-0.1, -0.05) is 30.3 Å². The van der Waals surface area contributed by atoms with Crippen LogP contribution >= 0.6 is 0 Å². The lowest BCUT2D eigenvalue weighted by molar-refractivity contribution is -0.141. The number of alkyl halides is 3. The van der Waals surface area contributed by atoms with Crippen molar-refractivity contribution in [3.63, 3.8) is 0 Å². The van der Waals surface area contributed by atoms with Crippen LogP contribution in [0, 0.1) is 0 Å². The van der Waals surface area contributed by atoms with Crippen molar-refractivity contribution in [1.82, 2.24) is 4.98 Å². The van der Waals surface area contributed by atoms with E-state index in [4.69, 9.17) is 0 Å². The van der Waals surface area contributed by atoms with Crippen molar-refractivity contribution in [3.8, 4) is 11.3 Å². The fourth-order valence-electron chi connectivity index (χ4n) is 1.82. The Hall–Kier alpha value is -2.37. The fourth-order valence-corrected chi connectivity index (χ4v) is 1.82. The van der Waals surface area contributed by atoms with E-state index in [9.17, 15) is 18.0 Å². The predicted molar refractivity (Wildman–Crippen MR) is 70.6 cm³/mol. The van der Waals surface area contributed by atoms with Crippen molar-refractivity contribution in [3.05, 3.63) is 53.7 Å². The molecule has 0 unspecified atom stereocenters. The number of rotatable bonds is 3. The molecule has 0 N–H and O–H groups in total. The van der Waals surface area contributed by atoms with E-state index in [1.165, 1.54) is 13.0 Å². The molecule has 1 heterocycles. The number of esters is 1. The Morgan fingerprint density at radius 3 is 2.38 bits per heavy atom. The Balaban J connectivity index is 2.53. The van der Waals surface area contributed by atoms with E-state index in [-0.39, 0.29) is 12.3 Å². The zero-order valence-corrected chi connectivity index (χ0v) is 11.1. The Bertz CT molecular complexity index is 639. The van der Waals surface area contributed by atoms with Gasteiger partial charge in [-0.05, 0) is 19.1 Å². The summed E-state index contributed by atoms with van der Waals surface area (Å²) in [6.07, 6.45) is -4.73. The molecule has 0 fully saturated rings. The molecule has 3 nitrogen and oxygen atoms in total. The molecule has 2 aromatic rings. The standard InChI is InChI=1S/C15H12F3NO2/c1-2-21-14(20)11-8-9-12(10-6-4-3-5-7-10)19-13(11)15(16,17)18/h3-9H,2H2,1H3. The summed E-state index contributed by atoms with van der Waals surface area (Å²) in [7, 11) is 0. The van der Waals surface area contributed by atoms with E-state index in [0.717, 1.165) is 6.07 Å². The van der Waals surface area contributed by atoms with Crippen molar-refractivity contribution in [2.24, 2.45) is 0 Å². The van der Waals surface area contributed by atoms with Crippen molar-refractivity contribution < 1.29 is 22.7 Å². The van der Waals surface area contributed by atoms with Gasteiger partial charge in [-0.3, -0.25) is 0 Å². The van der Waals surface area contributed by atoms with Crippen LogP contribution in [0.25, 0.3) is 11.3 Å². The summed E-state index contributed by atoms with van der Waals surface area (Å²) in [4.78, 5) is 15.2. The molecule has 2 rings (SSSR count). The highest BCUT2D eigenvalue weighted by Crippen LogP contribution is 2.32. The van der Waals surface area contributed by atoms with Crippen LogP contribution in [-0.2, 0) is 10.9 Å². The van der Waals surface area contributed by atoms with Gasteiger partial charge >= 0.3 is 12.1 Å². The van der Waals surface area contributed by atoms with Crippen LogP contribution in [-0.4, -0.2) is 17.6 Å². The van der Waals surface area contributed by atoms with Crippen LogP contribution in [0.2, 0.25) is 0 Å². The van der Waals surface area contributed by atoms with Crippen LogP contribution in [0.15, 0.2) is 42.5 Å². The summed E-state index contributed by atoms with van der Waals surface area (Å²) in [6.45, 7) is 1.52. The van der Waals surface area contributed by atoms with Gasteiger partial charge in [-0.15, -0.1) is 0 Å². The van der Waals surface area contributed by atoms with Gasteiger partial charge in [-0.25, -0.2) is 9.78 Å². The first-order valence-corrected chi connectivity index (χ1v) is 6.24. The number of hydrogen-bond donors (Lipinski definition) is 0. The molecule has 0 saturated heterocycles. The van der Waals surface area contributed by atoms with E-state index >= 15 is 0 Å². The highest BCUT2D eigenvalue weighted by molar-refractivity contribution is 5.91. The lowest BCUT2D eigenvalue weighted by Gasteiger charge is -2.12. The number of pyridine rings is 1. The van der Waals surface area contributed by atoms with Crippen molar-refractivity contribution in [2.75, 3.05) is 6.61 Å². The molecular formula is C15H12F3NO2. The quantitative estimate of drug-likeness (QED) is 0.805. The highest BCUT2D eigenvalue weighted by Gasteiger charge is 2.38. The van der Waals surface area contributed by atoms with Crippen molar-refractivity contribution in [2.45, 2.75) is 13.1 Å². The predicted octanol–water partition coefficient (Wildman–Crippen LogP) is 3.94. The highest BCUT2D eigenvalue weighted by atomic mass is 19.4. The molecule has 0 amide bonds. The summed E-state index contributed by atoms with van der Waals surface area (Å²) < 4.78 is 43.9. The largest absolute Gasteiger partial charge is 0.462 e. The van der Waals surface area contributed by atoms with Gasteiger partial charge in [-0.2, -0.15) is 13.2 Å². The molecule has 0 aliphatic carbocycles. The molecule has 21 heavy (non-hydrogen) atoms. The normalized spacial score (nSPS) is 11.2. The second-order valence-corrected chi connectivity index (χ2v) is 4.18. The number of aromatic nitrogens is 1. The molecule has 0 spiro atoms. The van der Waals surface area contributed by atoms with E-state index in [1.54, 1.807) is 30.3 Å². The van der Waals surface area contributed by atoms with Crippen molar-refractivity contribution >= 4 is 5.97 Å². The maximum absolute atomic E-state index is 13.1. The van der Waals surface area contributed by atoms with Gasteiger partial charge in [0.25, 0.3) is 0 Å². The van der Waals surface area contributed by atoms with Gasteiger partial charge in [0.05, 0.1) is 17.9 Å². The molecular weight excluding hydrogens is 283 g/mol. The number of carbonyl (C=O) groups excluding carboxylic acids is 1. The first-order valence-electron chi connectivity index (χ1n) is 6.24. The molecule has 6 heteroatoms. The molecule has 0 radical (unpaired) electrons. The van der Waals surface area contributed by atoms with Gasteiger partial charge in [0.1, 0.15) is 0 Å². The van der Waals surface area contributed by atoms with E-state index in [1.807, 2.05) is 0 Å². The first kappa shape index (κ1) is 15.0. The summed E-state index contributed by atoms with van der Waals surface area (Å²) in [5.74, 6) is -1.03. The third-order valence-corrected chi connectivity index (χ3v) is 2.73. The molecule has 1 aromatic carbocycles. The van der Waals surface area contributed by atoms with Crippen LogP contribution < -0.4 is 0 Å². The second kappa shape index (κ2) is 5.95. The second-order valence-electron chi connectivity index (χ2n) is 4.18. The van der Waals surface area contributed by atoms with Crippen LogP contribution in [0.1, 0.15) is 23.0 Å². The zero-order valence-electron chi connectivity index (χ0n) is 11.1. The average Bonchev–Trinajstić information content (AvgIpc) is 2.47. The Morgan fingerprint density at radius 1 is 1.14 bits per heavy atom. The third kappa shape index (κ3) is 3.39. The van der Waals surface area contributed by atoms with E-state index in [0.29, 0.717) is 5.56 Å². The molecule has 0 aliphatic rings. The van der Waals surface area contributed by atoms with Crippen LogP contribution in [0.5, 0.6) is 0 Å². The monoisotopic (exact) mass is 295 g/mol. The Kier molecular flexibility index (Phi) is 4.26. The molecule has 0 atom stereocenters. The minimum absolute atomic E-state index is 0.00341. The average molecular weight is 295 g/mol.